The standard InChI is InChI=1S/C7H13ClN2/c8-6-1-2-7-9-3-4-10(7)5-6/h6-7,9H,1-5H2. The molecule has 0 bridgehead atoms. The molecule has 2 unspecified atom stereocenters. The first kappa shape index (κ1) is 6.89. The molecule has 0 aliphatic carbocycles. The molecule has 10 heavy (non-hydrogen) atoms. The number of piperidine rings is 1. The summed E-state index contributed by atoms with van der Waals surface area (Å²) in [6.07, 6.45) is 3.05. The highest BCUT2D eigenvalue weighted by Crippen LogP contribution is 2.21. The number of fused-ring (bicyclic) bond motifs is 1. The molecule has 0 spiro atoms. The average Bonchev–Trinajstić information content (AvgIpc) is 2.33. The second kappa shape index (κ2) is 2.68. The van der Waals surface area contributed by atoms with E-state index < -0.39 is 0 Å². The molecule has 2 heterocycles. The van der Waals surface area contributed by atoms with Crippen LogP contribution >= 0.6 is 11.6 Å². The van der Waals surface area contributed by atoms with Crippen molar-refractivity contribution in [3.8, 4) is 0 Å². The van der Waals surface area contributed by atoms with Crippen LogP contribution < -0.4 is 5.32 Å². The van der Waals surface area contributed by atoms with Crippen molar-refractivity contribution >= 4 is 11.6 Å². The van der Waals surface area contributed by atoms with Crippen LogP contribution in [0.3, 0.4) is 0 Å². The highest BCUT2D eigenvalue weighted by Gasteiger charge is 2.29. The fourth-order valence-electron chi connectivity index (χ4n) is 1.85. The fourth-order valence-corrected chi connectivity index (χ4v) is 2.15. The summed E-state index contributed by atoms with van der Waals surface area (Å²) in [6, 6.07) is 0. The van der Waals surface area contributed by atoms with E-state index in [2.05, 4.69) is 10.2 Å². The molecule has 3 heteroatoms. The molecule has 2 fully saturated rings. The lowest BCUT2D eigenvalue weighted by atomic mass is 10.1. The molecule has 0 radical (unpaired) electrons. The Morgan fingerprint density at radius 1 is 1.40 bits per heavy atom. The Labute approximate surface area is 66.5 Å². The number of hydrogen-bond donors (Lipinski definition) is 1. The quantitative estimate of drug-likeness (QED) is 0.523. The van der Waals surface area contributed by atoms with E-state index in [4.69, 9.17) is 11.6 Å². The Kier molecular flexibility index (Phi) is 1.85. The molecule has 2 rings (SSSR count). The lowest BCUT2D eigenvalue weighted by molar-refractivity contribution is 0.189. The van der Waals surface area contributed by atoms with E-state index in [-0.39, 0.29) is 0 Å². The van der Waals surface area contributed by atoms with E-state index in [0.29, 0.717) is 11.5 Å². The normalized spacial score (nSPS) is 41.7. The zero-order valence-electron chi connectivity index (χ0n) is 6.02. The molecule has 2 saturated heterocycles. The highest BCUT2D eigenvalue weighted by molar-refractivity contribution is 6.20. The van der Waals surface area contributed by atoms with Crippen LogP contribution in [0, 0.1) is 0 Å². The summed E-state index contributed by atoms with van der Waals surface area (Å²) >= 11 is 6.01. The molecule has 58 valence electrons. The van der Waals surface area contributed by atoms with Gasteiger partial charge in [0.05, 0.1) is 6.17 Å². The topological polar surface area (TPSA) is 15.3 Å². The molecule has 2 aliphatic heterocycles. The van der Waals surface area contributed by atoms with Gasteiger partial charge < -0.3 is 5.32 Å². The van der Waals surface area contributed by atoms with Crippen LogP contribution in [-0.4, -0.2) is 36.1 Å². The molecule has 0 aromatic heterocycles. The van der Waals surface area contributed by atoms with E-state index in [1.165, 1.54) is 19.4 Å². The molecule has 0 amide bonds. The number of alkyl halides is 1. The SMILES string of the molecule is ClC1CCC2NCCN2C1. The average molecular weight is 161 g/mol. The van der Waals surface area contributed by atoms with Crippen molar-refractivity contribution in [2.45, 2.75) is 24.4 Å². The van der Waals surface area contributed by atoms with Gasteiger partial charge in [-0.3, -0.25) is 4.90 Å². The first-order valence-corrected chi connectivity index (χ1v) is 4.41. The minimum absolute atomic E-state index is 0.399. The Morgan fingerprint density at radius 2 is 2.30 bits per heavy atom. The predicted octanol–water partition coefficient (Wildman–Crippen LogP) is 0.619. The van der Waals surface area contributed by atoms with Gasteiger partial charge in [-0.2, -0.15) is 0 Å². The van der Waals surface area contributed by atoms with E-state index in [9.17, 15) is 0 Å². The van der Waals surface area contributed by atoms with Gasteiger partial charge in [-0.05, 0) is 12.8 Å². The van der Waals surface area contributed by atoms with Crippen molar-refractivity contribution in [2.75, 3.05) is 19.6 Å². The highest BCUT2D eigenvalue weighted by atomic mass is 35.5. The van der Waals surface area contributed by atoms with Gasteiger partial charge in [0.15, 0.2) is 0 Å². The van der Waals surface area contributed by atoms with Gasteiger partial charge in [-0.25, -0.2) is 0 Å². The van der Waals surface area contributed by atoms with Gasteiger partial charge in [0, 0.05) is 25.0 Å². The van der Waals surface area contributed by atoms with Gasteiger partial charge in [0.25, 0.3) is 0 Å². The van der Waals surface area contributed by atoms with Crippen molar-refractivity contribution < 1.29 is 0 Å². The van der Waals surface area contributed by atoms with Gasteiger partial charge in [0.2, 0.25) is 0 Å². The van der Waals surface area contributed by atoms with Gasteiger partial charge in [-0.15, -0.1) is 11.6 Å². The van der Waals surface area contributed by atoms with E-state index in [0.717, 1.165) is 13.1 Å². The number of hydrogen-bond acceptors (Lipinski definition) is 2. The number of nitrogens with one attached hydrogen (secondary N) is 1. The Hall–Kier alpha value is 0.210. The monoisotopic (exact) mass is 160 g/mol. The summed E-state index contributed by atoms with van der Waals surface area (Å²) < 4.78 is 0. The van der Waals surface area contributed by atoms with Gasteiger partial charge >= 0.3 is 0 Å². The minimum Gasteiger partial charge on any atom is -0.300 e. The van der Waals surface area contributed by atoms with Crippen LogP contribution in [0.15, 0.2) is 0 Å². The molecule has 2 aliphatic rings. The van der Waals surface area contributed by atoms with Crippen molar-refractivity contribution in [3.63, 3.8) is 0 Å². The Morgan fingerprint density at radius 3 is 3.20 bits per heavy atom. The summed E-state index contributed by atoms with van der Waals surface area (Å²) in [6.45, 7) is 3.42. The largest absolute Gasteiger partial charge is 0.300 e. The lowest BCUT2D eigenvalue weighted by Crippen LogP contribution is -2.43. The molecular weight excluding hydrogens is 148 g/mol. The summed E-state index contributed by atoms with van der Waals surface area (Å²) in [4.78, 5) is 2.45. The number of halogens is 1. The van der Waals surface area contributed by atoms with Crippen LogP contribution in [0.1, 0.15) is 12.8 Å². The molecule has 0 aromatic carbocycles. The maximum absolute atomic E-state index is 6.01. The third kappa shape index (κ3) is 1.16. The molecule has 1 N–H and O–H groups in total. The maximum atomic E-state index is 6.01. The maximum Gasteiger partial charge on any atom is 0.0599 e. The molecule has 2 nitrogen and oxygen atoms in total. The van der Waals surface area contributed by atoms with Crippen molar-refractivity contribution in [1.29, 1.82) is 0 Å². The first-order valence-electron chi connectivity index (χ1n) is 3.98. The Balaban J connectivity index is 1.96. The molecule has 0 saturated carbocycles. The van der Waals surface area contributed by atoms with Gasteiger partial charge in [0.1, 0.15) is 0 Å². The van der Waals surface area contributed by atoms with E-state index in [1.807, 2.05) is 0 Å². The molecular formula is C7H13ClN2. The summed E-state index contributed by atoms with van der Waals surface area (Å²) in [5.74, 6) is 0. The predicted molar refractivity (Wildman–Crippen MR) is 42.2 cm³/mol. The Bertz CT molecular complexity index is 129. The van der Waals surface area contributed by atoms with Crippen LogP contribution in [-0.2, 0) is 0 Å². The van der Waals surface area contributed by atoms with Crippen molar-refractivity contribution in [3.05, 3.63) is 0 Å². The lowest BCUT2D eigenvalue weighted by Gasteiger charge is -2.31. The second-order valence-corrected chi connectivity index (χ2v) is 3.76. The fraction of sp³-hybridized carbons (Fsp3) is 1.00. The third-order valence-electron chi connectivity index (χ3n) is 2.41. The van der Waals surface area contributed by atoms with Gasteiger partial charge in [-0.1, -0.05) is 0 Å². The second-order valence-electron chi connectivity index (χ2n) is 3.14. The number of rotatable bonds is 0. The minimum atomic E-state index is 0.399. The van der Waals surface area contributed by atoms with E-state index in [1.54, 1.807) is 0 Å². The van der Waals surface area contributed by atoms with Crippen molar-refractivity contribution in [2.24, 2.45) is 0 Å². The van der Waals surface area contributed by atoms with Crippen molar-refractivity contribution in [1.82, 2.24) is 10.2 Å². The summed E-state index contributed by atoms with van der Waals surface area (Å²) in [5, 5.41) is 3.85. The summed E-state index contributed by atoms with van der Waals surface area (Å²) in [7, 11) is 0. The van der Waals surface area contributed by atoms with Crippen LogP contribution in [0.5, 0.6) is 0 Å². The van der Waals surface area contributed by atoms with Crippen LogP contribution in [0.2, 0.25) is 0 Å². The zero-order chi connectivity index (χ0) is 6.97. The zero-order valence-corrected chi connectivity index (χ0v) is 6.77. The smallest absolute Gasteiger partial charge is 0.0599 e. The van der Waals surface area contributed by atoms with Crippen LogP contribution in [0.25, 0.3) is 0 Å². The first-order chi connectivity index (χ1) is 4.86. The number of nitrogens with zero attached hydrogens (tertiary/aromatic N) is 1. The summed E-state index contributed by atoms with van der Waals surface area (Å²) in [5.41, 5.74) is 0. The van der Waals surface area contributed by atoms with Crippen LogP contribution in [0.4, 0.5) is 0 Å². The van der Waals surface area contributed by atoms with E-state index >= 15 is 0 Å². The molecule has 0 aromatic rings. The third-order valence-corrected chi connectivity index (χ3v) is 2.76. The molecule has 2 atom stereocenters.